The molecule has 0 aliphatic rings. The van der Waals surface area contributed by atoms with Crippen LogP contribution >= 0.6 is 0 Å². The van der Waals surface area contributed by atoms with Gasteiger partial charge in [0, 0.05) is 17.8 Å². The van der Waals surface area contributed by atoms with Gasteiger partial charge in [-0.25, -0.2) is 9.78 Å². The molecule has 2 rings (SSSR count). The average Bonchev–Trinajstić information content (AvgIpc) is 2.62. The molecule has 0 radical (unpaired) electrons. The van der Waals surface area contributed by atoms with E-state index in [1.54, 1.807) is 6.07 Å². The molecule has 19 heavy (non-hydrogen) atoms. The quantitative estimate of drug-likeness (QED) is 0.919. The summed E-state index contributed by atoms with van der Waals surface area (Å²) in [6.45, 7) is 7.53. The summed E-state index contributed by atoms with van der Waals surface area (Å²) in [6.07, 6.45) is 1.02. The third-order valence-corrected chi connectivity index (χ3v) is 3.19. The summed E-state index contributed by atoms with van der Waals surface area (Å²) < 4.78 is 7.54. The Kier molecular flexibility index (Phi) is 3.46. The van der Waals surface area contributed by atoms with E-state index in [2.05, 4.69) is 4.98 Å². The number of aliphatic carboxylic acids is 1. The van der Waals surface area contributed by atoms with Crippen LogP contribution in [0.15, 0.2) is 18.3 Å². The molecule has 0 bridgehead atoms. The van der Waals surface area contributed by atoms with E-state index in [1.807, 2.05) is 44.4 Å². The molecule has 1 atom stereocenters. The summed E-state index contributed by atoms with van der Waals surface area (Å²) >= 11 is 0. The Labute approximate surface area is 111 Å². The maximum atomic E-state index is 11.2. The van der Waals surface area contributed by atoms with Crippen molar-refractivity contribution in [1.29, 1.82) is 0 Å². The zero-order chi connectivity index (χ0) is 14.2. The largest absolute Gasteiger partial charge is 0.478 e. The molecule has 0 saturated carbocycles. The number of ether oxygens (including phenoxy) is 1. The van der Waals surface area contributed by atoms with Crippen molar-refractivity contribution in [2.75, 3.05) is 0 Å². The van der Waals surface area contributed by atoms with Crippen molar-refractivity contribution in [3.63, 3.8) is 0 Å². The molecule has 5 heteroatoms. The highest BCUT2D eigenvalue weighted by Gasteiger charge is 2.24. The van der Waals surface area contributed by atoms with Gasteiger partial charge in [0.1, 0.15) is 0 Å². The van der Waals surface area contributed by atoms with Gasteiger partial charge in [-0.2, -0.15) is 0 Å². The maximum Gasteiger partial charge on any atom is 0.345 e. The van der Waals surface area contributed by atoms with Gasteiger partial charge in [-0.05, 0) is 26.0 Å². The first-order valence-electron chi connectivity index (χ1n) is 6.25. The predicted octanol–water partition coefficient (Wildman–Crippen LogP) is 2.44. The summed E-state index contributed by atoms with van der Waals surface area (Å²) in [4.78, 5) is 15.6. The van der Waals surface area contributed by atoms with Crippen LogP contribution in [0.1, 0.15) is 25.2 Å². The number of hydrogen-bond donors (Lipinski definition) is 1. The summed E-state index contributed by atoms with van der Waals surface area (Å²) in [5, 5.41) is 9.18. The smallest absolute Gasteiger partial charge is 0.345 e. The molecule has 102 valence electrons. The minimum atomic E-state index is -0.961. The number of carboxylic acid groups (broad SMARTS) is 1. The zero-order valence-electron chi connectivity index (χ0n) is 11.5. The van der Waals surface area contributed by atoms with Crippen LogP contribution in [0.25, 0.3) is 5.65 Å². The van der Waals surface area contributed by atoms with Crippen LogP contribution < -0.4 is 4.74 Å². The van der Waals surface area contributed by atoms with Gasteiger partial charge in [0.05, 0.1) is 5.69 Å². The van der Waals surface area contributed by atoms with Gasteiger partial charge < -0.3 is 14.2 Å². The molecule has 5 nitrogen and oxygen atoms in total. The number of aryl methyl sites for hydroxylation is 2. The first kappa shape index (κ1) is 13.4. The second-order valence-corrected chi connectivity index (χ2v) is 4.97. The summed E-state index contributed by atoms with van der Waals surface area (Å²) in [6, 6.07) is 3.58. The van der Waals surface area contributed by atoms with Gasteiger partial charge in [0.15, 0.2) is 17.5 Å². The van der Waals surface area contributed by atoms with Crippen LogP contribution in [-0.2, 0) is 4.79 Å². The molecule has 2 heterocycles. The van der Waals surface area contributed by atoms with Crippen molar-refractivity contribution in [2.24, 2.45) is 5.92 Å². The van der Waals surface area contributed by atoms with Crippen molar-refractivity contribution in [2.45, 2.75) is 33.8 Å². The Morgan fingerprint density at radius 1 is 1.42 bits per heavy atom. The molecule has 2 aromatic rings. The molecule has 0 saturated heterocycles. The SMILES string of the molecule is Cc1nc2c(OC(C(=O)O)C(C)C)cccn2c1C. The van der Waals surface area contributed by atoms with E-state index in [4.69, 9.17) is 4.74 Å². The fourth-order valence-corrected chi connectivity index (χ4v) is 1.97. The van der Waals surface area contributed by atoms with Gasteiger partial charge in [0.2, 0.25) is 0 Å². The Balaban J connectivity index is 2.45. The molecule has 0 amide bonds. The second-order valence-electron chi connectivity index (χ2n) is 4.97. The normalized spacial score (nSPS) is 12.9. The predicted molar refractivity (Wildman–Crippen MR) is 71.6 cm³/mol. The number of hydrogen-bond acceptors (Lipinski definition) is 3. The molecular formula is C14H18N2O3. The molecule has 0 aliphatic heterocycles. The summed E-state index contributed by atoms with van der Waals surface area (Å²) in [5.41, 5.74) is 2.59. The Morgan fingerprint density at radius 3 is 2.68 bits per heavy atom. The highest BCUT2D eigenvalue weighted by atomic mass is 16.5. The number of fused-ring (bicyclic) bond motifs is 1. The topological polar surface area (TPSA) is 63.8 Å². The van der Waals surface area contributed by atoms with Crippen LogP contribution in [0.3, 0.4) is 0 Å². The fraction of sp³-hybridized carbons (Fsp3) is 0.429. The van der Waals surface area contributed by atoms with Gasteiger partial charge in [-0.3, -0.25) is 0 Å². The zero-order valence-corrected chi connectivity index (χ0v) is 11.5. The lowest BCUT2D eigenvalue weighted by Gasteiger charge is -2.18. The van der Waals surface area contributed by atoms with Crippen molar-refractivity contribution in [1.82, 2.24) is 9.38 Å². The van der Waals surface area contributed by atoms with Crippen LogP contribution in [0, 0.1) is 19.8 Å². The van der Waals surface area contributed by atoms with E-state index in [0.717, 1.165) is 11.4 Å². The highest BCUT2D eigenvalue weighted by Crippen LogP contribution is 2.24. The number of nitrogens with zero attached hydrogens (tertiary/aromatic N) is 2. The molecule has 0 spiro atoms. The van der Waals surface area contributed by atoms with Crippen LogP contribution in [0.5, 0.6) is 5.75 Å². The molecule has 0 fully saturated rings. The third kappa shape index (κ3) is 2.41. The van der Waals surface area contributed by atoms with Crippen molar-refractivity contribution >= 4 is 11.6 Å². The van der Waals surface area contributed by atoms with E-state index in [9.17, 15) is 9.90 Å². The minimum Gasteiger partial charge on any atom is -0.478 e. The Morgan fingerprint density at radius 2 is 2.11 bits per heavy atom. The van der Waals surface area contributed by atoms with E-state index in [-0.39, 0.29) is 5.92 Å². The van der Waals surface area contributed by atoms with Crippen molar-refractivity contribution in [3.05, 3.63) is 29.7 Å². The lowest BCUT2D eigenvalue weighted by molar-refractivity contribution is -0.147. The monoisotopic (exact) mass is 262 g/mol. The highest BCUT2D eigenvalue weighted by molar-refractivity contribution is 5.73. The number of pyridine rings is 1. The third-order valence-electron chi connectivity index (χ3n) is 3.19. The number of imidazole rings is 1. The molecule has 2 aromatic heterocycles. The van der Waals surface area contributed by atoms with Gasteiger partial charge in [0.25, 0.3) is 0 Å². The van der Waals surface area contributed by atoms with Crippen LogP contribution in [0.2, 0.25) is 0 Å². The van der Waals surface area contributed by atoms with Crippen molar-refractivity contribution in [3.8, 4) is 5.75 Å². The van der Waals surface area contributed by atoms with Crippen LogP contribution in [0.4, 0.5) is 0 Å². The molecule has 0 aliphatic carbocycles. The van der Waals surface area contributed by atoms with Gasteiger partial charge in [-0.1, -0.05) is 13.8 Å². The van der Waals surface area contributed by atoms with E-state index in [0.29, 0.717) is 11.4 Å². The van der Waals surface area contributed by atoms with Crippen molar-refractivity contribution < 1.29 is 14.6 Å². The molecule has 1 unspecified atom stereocenters. The van der Waals surface area contributed by atoms with Gasteiger partial charge >= 0.3 is 5.97 Å². The van der Waals surface area contributed by atoms with E-state index >= 15 is 0 Å². The Bertz CT molecular complexity index is 616. The number of carboxylic acids is 1. The standard InChI is InChI=1S/C14H18N2O3/c1-8(2)12(14(17)18)19-11-6-5-7-16-10(4)9(3)15-13(11)16/h5-8,12H,1-4H3,(H,17,18). The number of rotatable bonds is 4. The lowest BCUT2D eigenvalue weighted by Crippen LogP contribution is -2.32. The Hall–Kier alpha value is -2.04. The summed E-state index contributed by atoms with van der Waals surface area (Å²) in [7, 11) is 0. The number of aromatic nitrogens is 2. The number of carbonyl (C=O) groups is 1. The first-order chi connectivity index (χ1) is 8.91. The van der Waals surface area contributed by atoms with Crippen LogP contribution in [-0.4, -0.2) is 26.6 Å². The van der Waals surface area contributed by atoms with E-state index in [1.165, 1.54) is 0 Å². The van der Waals surface area contributed by atoms with E-state index < -0.39 is 12.1 Å². The van der Waals surface area contributed by atoms with Gasteiger partial charge in [-0.15, -0.1) is 0 Å². The lowest BCUT2D eigenvalue weighted by atomic mass is 10.1. The summed E-state index contributed by atoms with van der Waals surface area (Å²) in [5.74, 6) is -0.577. The first-order valence-corrected chi connectivity index (χ1v) is 6.25. The molecular weight excluding hydrogens is 244 g/mol. The molecule has 1 N–H and O–H groups in total. The minimum absolute atomic E-state index is 0.116. The fourth-order valence-electron chi connectivity index (χ4n) is 1.97. The average molecular weight is 262 g/mol. The molecule has 0 aromatic carbocycles. The second kappa shape index (κ2) is 4.91. The maximum absolute atomic E-state index is 11.2.